The Kier molecular flexibility index (Phi) is 8.32. The van der Waals surface area contributed by atoms with Gasteiger partial charge in [0.15, 0.2) is 5.54 Å². The summed E-state index contributed by atoms with van der Waals surface area (Å²) in [5.41, 5.74) is 0.256. The number of benzene rings is 3. The number of rotatable bonds is 10. The molecule has 2 N–H and O–H groups in total. The van der Waals surface area contributed by atoms with Crippen LogP contribution in [0.2, 0.25) is 0 Å². The molecule has 3 aromatic rings. The molecule has 0 spiro atoms. The number of aliphatic hydroxyl groups excluding tert-OH is 1. The molecule has 1 heterocycles. The first-order valence-corrected chi connectivity index (χ1v) is 12.2. The Hall–Kier alpha value is -3.30. The second-order valence-corrected chi connectivity index (χ2v) is 9.23. The van der Waals surface area contributed by atoms with Crippen LogP contribution in [0, 0.1) is 11.6 Å². The summed E-state index contributed by atoms with van der Waals surface area (Å²) in [6, 6.07) is 17.7. The van der Waals surface area contributed by atoms with Crippen LogP contribution in [0.4, 0.5) is 8.78 Å². The van der Waals surface area contributed by atoms with Crippen LogP contribution in [-0.2, 0) is 22.5 Å². The van der Waals surface area contributed by atoms with Gasteiger partial charge < -0.3 is 19.9 Å². The molecule has 3 aromatic carbocycles. The molecule has 188 valence electrons. The molecule has 0 fully saturated rings. The van der Waals surface area contributed by atoms with Gasteiger partial charge in [-0.15, -0.1) is 0 Å². The van der Waals surface area contributed by atoms with E-state index in [9.17, 15) is 13.6 Å². The Morgan fingerprint density at radius 1 is 1.11 bits per heavy atom. The number of aliphatic imine (C=N–C) groups is 1. The Bertz CT molecular complexity index is 1250. The second kappa shape index (κ2) is 11.6. The highest BCUT2D eigenvalue weighted by Gasteiger charge is 2.44. The highest BCUT2D eigenvalue weighted by Crippen LogP contribution is 2.30. The van der Waals surface area contributed by atoms with Gasteiger partial charge in [0.25, 0.3) is 5.91 Å². The van der Waals surface area contributed by atoms with Crippen LogP contribution in [0.15, 0.2) is 76.2 Å². The van der Waals surface area contributed by atoms with E-state index in [2.05, 4.69) is 21.2 Å². The van der Waals surface area contributed by atoms with Crippen molar-refractivity contribution in [3.8, 4) is 5.75 Å². The topological polar surface area (TPSA) is 80.2 Å². The van der Waals surface area contributed by atoms with Crippen molar-refractivity contribution < 1.29 is 28.2 Å². The zero-order valence-corrected chi connectivity index (χ0v) is 20.9. The van der Waals surface area contributed by atoms with Gasteiger partial charge in [0.05, 0.1) is 6.61 Å². The summed E-state index contributed by atoms with van der Waals surface area (Å²) >= 11 is 3.52. The Morgan fingerprint density at radius 3 is 2.64 bits per heavy atom. The van der Waals surface area contributed by atoms with Crippen LogP contribution in [0.3, 0.4) is 0 Å². The predicted octanol–water partition coefficient (Wildman–Crippen LogP) is 4.56. The molecule has 4 rings (SSSR count). The third kappa shape index (κ3) is 6.09. The molecule has 0 radical (unpaired) electrons. The molecule has 9 heteroatoms. The summed E-state index contributed by atoms with van der Waals surface area (Å²) in [6.45, 7) is 0.242. The standard InChI is InChI=1S/C27H25BrF2N2O4/c28-23-5-2-1-4-19(23)15-27(26(34)31-16-20-14-21(29)8-11-24(20)30)17-36-25(32-27)18-6-9-22(10-7-18)35-13-3-12-33/h1-2,4-11,14,33H,3,12-13,15-17H2,(H,31,34)/t27-/m1/s1. The molecule has 1 aliphatic heterocycles. The number of aliphatic hydroxyl groups is 1. The fourth-order valence-electron chi connectivity index (χ4n) is 3.81. The van der Waals surface area contributed by atoms with Crippen molar-refractivity contribution >= 4 is 27.7 Å². The molecule has 0 saturated heterocycles. The zero-order chi connectivity index (χ0) is 25.5. The summed E-state index contributed by atoms with van der Waals surface area (Å²) in [4.78, 5) is 18.2. The molecular formula is C27H25BrF2N2O4. The van der Waals surface area contributed by atoms with Crippen molar-refractivity contribution in [2.75, 3.05) is 19.8 Å². The first-order chi connectivity index (χ1) is 17.4. The van der Waals surface area contributed by atoms with Gasteiger partial charge in [0.2, 0.25) is 5.90 Å². The Morgan fingerprint density at radius 2 is 1.89 bits per heavy atom. The number of carbonyl (C=O) groups excluding carboxylic acids is 1. The number of nitrogens with zero attached hydrogens (tertiary/aromatic N) is 1. The Balaban J connectivity index is 1.58. The molecule has 0 aromatic heterocycles. The minimum absolute atomic E-state index is 0.0180. The van der Waals surface area contributed by atoms with Gasteiger partial charge in [0.1, 0.15) is 24.0 Å². The minimum Gasteiger partial charge on any atom is -0.494 e. The lowest BCUT2D eigenvalue weighted by atomic mass is 9.91. The van der Waals surface area contributed by atoms with Gasteiger partial charge in [-0.3, -0.25) is 4.79 Å². The van der Waals surface area contributed by atoms with Crippen LogP contribution in [0.25, 0.3) is 0 Å². The van der Waals surface area contributed by atoms with E-state index in [4.69, 9.17) is 19.6 Å². The van der Waals surface area contributed by atoms with Gasteiger partial charge in [-0.1, -0.05) is 34.1 Å². The van der Waals surface area contributed by atoms with E-state index in [0.717, 1.165) is 28.2 Å². The molecule has 1 atom stereocenters. The van der Waals surface area contributed by atoms with Crippen molar-refractivity contribution in [2.45, 2.75) is 24.9 Å². The molecule has 0 aliphatic carbocycles. The maximum atomic E-state index is 14.1. The fraction of sp³-hybridized carbons (Fsp3) is 0.259. The third-order valence-corrected chi connectivity index (χ3v) is 6.52. The lowest BCUT2D eigenvalue weighted by molar-refractivity contribution is -0.126. The summed E-state index contributed by atoms with van der Waals surface area (Å²) in [7, 11) is 0. The van der Waals surface area contributed by atoms with Crippen LogP contribution in [-0.4, -0.2) is 42.3 Å². The van der Waals surface area contributed by atoms with Gasteiger partial charge in [-0.05, 0) is 54.1 Å². The zero-order valence-electron chi connectivity index (χ0n) is 19.3. The number of nitrogens with one attached hydrogen (secondary N) is 1. The first-order valence-electron chi connectivity index (χ1n) is 11.4. The van der Waals surface area contributed by atoms with Crippen LogP contribution in [0.1, 0.15) is 23.1 Å². The quantitative estimate of drug-likeness (QED) is 0.357. The van der Waals surface area contributed by atoms with E-state index in [1.807, 2.05) is 24.3 Å². The number of ether oxygens (including phenoxy) is 2. The van der Waals surface area contributed by atoms with Crippen molar-refractivity contribution in [3.63, 3.8) is 0 Å². The van der Waals surface area contributed by atoms with Crippen molar-refractivity contribution in [1.29, 1.82) is 0 Å². The SMILES string of the molecule is O=C(NCc1cc(F)ccc1F)[C@@]1(Cc2ccccc2Br)COC(c2ccc(OCCCO)cc2)=N1. The molecule has 0 saturated carbocycles. The average Bonchev–Trinajstić information content (AvgIpc) is 3.32. The molecule has 0 bridgehead atoms. The lowest BCUT2D eigenvalue weighted by Crippen LogP contribution is -2.48. The molecule has 36 heavy (non-hydrogen) atoms. The number of amides is 1. The maximum Gasteiger partial charge on any atom is 0.252 e. The minimum atomic E-state index is -1.31. The van der Waals surface area contributed by atoms with E-state index in [0.29, 0.717) is 30.2 Å². The molecule has 1 amide bonds. The van der Waals surface area contributed by atoms with Crippen molar-refractivity contribution in [1.82, 2.24) is 5.32 Å². The molecule has 0 unspecified atom stereocenters. The largest absolute Gasteiger partial charge is 0.494 e. The summed E-state index contributed by atoms with van der Waals surface area (Å²) in [6.07, 6.45) is 0.765. The number of halogens is 3. The van der Waals surface area contributed by atoms with E-state index < -0.39 is 23.1 Å². The first kappa shape index (κ1) is 25.8. The number of hydrogen-bond donors (Lipinski definition) is 2. The highest BCUT2D eigenvalue weighted by atomic mass is 79.9. The molecular weight excluding hydrogens is 534 g/mol. The van der Waals surface area contributed by atoms with E-state index in [1.165, 1.54) is 0 Å². The van der Waals surface area contributed by atoms with Crippen molar-refractivity contribution in [2.24, 2.45) is 4.99 Å². The van der Waals surface area contributed by atoms with Gasteiger partial charge in [0, 0.05) is 41.6 Å². The summed E-state index contributed by atoms with van der Waals surface area (Å²) in [5, 5.41) is 11.6. The lowest BCUT2D eigenvalue weighted by Gasteiger charge is -2.24. The van der Waals surface area contributed by atoms with E-state index >= 15 is 0 Å². The highest BCUT2D eigenvalue weighted by molar-refractivity contribution is 9.10. The van der Waals surface area contributed by atoms with Gasteiger partial charge in [-0.25, -0.2) is 13.8 Å². The van der Waals surface area contributed by atoms with E-state index in [-0.39, 0.29) is 31.7 Å². The molecule has 1 aliphatic rings. The third-order valence-electron chi connectivity index (χ3n) is 5.75. The molecule has 6 nitrogen and oxygen atoms in total. The van der Waals surface area contributed by atoms with Crippen LogP contribution in [0.5, 0.6) is 5.75 Å². The summed E-state index contributed by atoms with van der Waals surface area (Å²) in [5.74, 6) is -0.710. The number of hydrogen-bond acceptors (Lipinski definition) is 5. The normalized spacial score (nSPS) is 16.8. The Labute approximate surface area is 216 Å². The second-order valence-electron chi connectivity index (χ2n) is 8.37. The number of carbonyl (C=O) groups is 1. The monoisotopic (exact) mass is 558 g/mol. The smallest absolute Gasteiger partial charge is 0.252 e. The van der Waals surface area contributed by atoms with E-state index in [1.54, 1.807) is 24.3 Å². The van der Waals surface area contributed by atoms with Gasteiger partial charge in [-0.2, -0.15) is 0 Å². The summed E-state index contributed by atoms with van der Waals surface area (Å²) < 4.78 is 40.0. The van der Waals surface area contributed by atoms with Crippen LogP contribution >= 0.6 is 15.9 Å². The maximum absolute atomic E-state index is 14.1. The van der Waals surface area contributed by atoms with Crippen molar-refractivity contribution in [3.05, 3.63) is 99.5 Å². The average molecular weight is 559 g/mol. The van der Waals surface area contributed by atoms with Crippen LogP contribution < -0.4 is 10.1 Å². The predicted molar refractivity (Wildman–Crippen MR) is 135 cm³/mol. The van der Waals surface area contributed by atoms with Gasteiger partial charge >= 0.3 is 0 Å². The fourth-order valence-corrected chi connectivity index (χ4v) is 4.23.